The molecule has 0 aliphatic heterocycles. The van der Waals surface area contributed by atoms with Crippen molar-refractivity contribution in [3.8, 4) is 0 Å². The van der Waals surface area contributed by atoms with Gasteiger partial charge in [0.1, 0.15) is 6.26 Å². The minimum atomic E-state index is 0.709. The van der Waals surface area contributed by atoms with Crippen LogP contribution in [0.2, 0.25) is 0 Å². The Hall–Kier alpha value is -0.610. The van der Waals surface area contributed by atoms with E-state index >= 15 is 0 Å². The molecule has 1 aromatic rings. The second-order valence-corrected chi connectivity index (χ2v) is 3.23. The Bertz CT molecular complexity index is 220. The summed E-state index contributed by atoms with van der Waals surface area (Å²) in [6.45, 7) is 5.14. The second-order valence-electron chi connectivity index (χ2n) is 2.11. The summed E-state index contributed by atoms with van der Waals surface area (Å²) in [5.74, 6) is 0. The number of aromatic nitrogens is 1. The van der Waals surface area contributed by atoms with Gasteiger partial charge in [0, 0.05) is 23.6 Å². The van der Waals surface area contributed by atoms with Gasteiger partial charge in [-0.15, -0.1) is 0 Å². The number of halogens is 1. The van der Waals surface area contributed by atoms with Crippen molar-refractivity contribution in [2.75, 3.05) is 6.54 Å². The zero-order chi connectivity index (χ0) is 8.10. The van der Waals surface area contributed by atoms with E-state index in [0.717, 1.165) is 16.7 Å². The first-order valence-corrected chi connectivity index (χ1v) is 4.01. The Morgan fingerprint density at radius 2 is 2.64 bits per heavy atom. The lowest BCUT2D eigenvalue weighted by molar-refractivity contribution is 0.409. The van der Waals surface area contributed by atoms with Gasteiger partial charge < -0.3 is 9.84 Å². The van der Waals surface area contributed by atoms with E-state index in [4.69, 9.17) is 0 Å². The number of rotatable bonds is 4. The molecule has 0 amide bonds. The number of hydrogen-bond donors (Lipinski definition) is 1. The molecule has 11 heavy (non-hydrogen) atoms. The third kappa shape index (κ3) is 3.34. The van der Waals surface area contributed by atoms with E-state index in [1.165, 1.54) is 0 Å². The Balaban J connectivity index is 2.19. The number of nitrogens with zero attached hydrogens (tertiary/aromatic N) is 1. The van der Waals surface area contributed by atoms with Crippen LogP contribution in [0.4, 0.5) is 0 Å². The molecular formula is C7H9BrN2O. The standard InChI is InChI=1S/C7H9BrN2O/c1-6(8)4-9-5-7-2-3-11-10-7/h2-3,9H,1,4-5H2. The third-order valence-corrected chi connectivity index (χ3v) is 1.39. The third-order valence-electron chi connectivity index (χ3n) is 1.11. The summed E-state index contributed by atoms with van der Waals surface area (Å²) in [5.41, 5.74) is 0.902. The Morgan fingerprint density at radius 1 is 1.82 bits per heavy atom. The van der Waals surface area contributed by atoms with E-state index < -0.39 is 0 Å². The van der Waals surface area contributed by atoms with Crippen LogP contribution >= 0.6 is 15.9 Å². The maximum Gasteiger partial charge on any atom is 0.124 e. The first kappa shape index (κ1) is 8.49. The van der Waals surface area contributed by atoms with E-state index in [2.05, 4.69) is 37.5 Å². The van der Waals surface area contributed by atoms with Gasteiger partial charge in [0.25, 0.3) is 0 Å². The van der Waals surface area contributed by atoms with Gasteiger partial charge >= 0.3 is 0 Å². The highest BCUT2D eigenvalue weighted by atomic mass is 79.9. The molecule has 60 valence electrons. The molecule has 0 fully saturated rings. The SMILES string of the molecule is C=C(Br)CNCc1ccon1. The monoisotopic (exact) mass is 216 g/mol. The van der Waals surface area contributed by atoms with Crippen LogP contribution in [-0.4, -0.2) is 11.7 Å². The van der Waals surface area contributed by atoms with Crippen LogP contribution in [0.3, 0.4) is 0 Å². The van der Waals surface area contributed by atoms with Gasteiger partial charge in [0.05, 0.1) is 5.69 Å². The predicted molar refractivity (Wildman–Crippen MR) is 46.3 cm³/mol. The molecule has 0 saturated heterocycles. The molecule has 0 aliphatic rings. The van der Waals surface area contributed by atoms with Crippen molar-refractivity contribution in [2.24, 2.45) is 0 Å². The average Bonchev–Trinajstić information content (AvgIpc) is 2.39. The van der Waals surface area contributed by atoms with Crippen molar-refractivity contribution >= 4 is 15.9 Å². The number of nitrogens with one attached hydrogen (secondary N) is 1. The molecule has 0 saturated carbocycles. The number of hydrogen-bond acceptors (Lipinski definition) is 3. The predicted octanol–water partition coefficient (Wildman–Crippen LogP) is 1.67. The van der Waals surface area contributed by atoms with E-state index in [0.29, 0.717) is 6.54 Å². The summed E-state index contributed by atoms with van der Waals surface area (Å²) in [6.07, 6.45) is 1.56. The summed E-state index contributed by atoms with van der Waals surface area (Å²) < 4.78 is 5.58. The van der Waals surface area contributed by atoms with Crippen molar-refractivity contribution in [2.45, 2.75) is 6.54 Å². The van der Waals surface area contributed by atoms with E-state index in [1.54, 1.807) is 6.26 Å². The highest BCUT2D eigenvalue weighted by Crippen LogP contribution is 1.98. The first-order chi connectivity index (χ1) is 5.29. The van der Waals surface area contributed by atoms with E-state index in [-0.39, 0.29) is 0 Å². The topological polar surface area (TPSA) is 38.1 Å². The van der Waals surface area contributed by atoms with Gasteiger partial charge in [0.2, 0.25) is 0 Å². The van der Waals surface area contributed by atoms with E-state index in [9.17, 15) is 0 Å². The van der Waals surface area contributed by atoms with Crippen LogP contribution in [-0.2, 0) is 6.54 Å². The molecule has 1 heterocycles. The van der Waals surface area contributed by atoms with Gasteiger partial charge in [-0.25, -0.2) is 0 Å². The lowest BCUT2D eigenvalue weighted by Crippen LogP contribution is -2.14. The largest absolute Gasteiger partial charge is 0.364 e. The van der Waals surface area contributed by atoms with Crippen molar-refractivity contribution in [1.29, 1.82) is 0 Å². The zero-order valence-electron chi connectivity index (χ0n) is 6.01. The van der Waals surface area contributed by atoms with Crippen LogP contribution in [0.25, 0.3) is 0 Å². The summed E-state index contributed by atoms with van der Waals surface area (Å²) in [7, 11) is 0. The van der Waals surface area contributed by atoms with Crippen molar-refractivity contribution in [3.63, 3.8) is 0 Å². The lowest BCUT2D eigenvalue weighted by Gasteiger charge is -1.97. The maximum atomic E-state index is 4.65. The molecule has 0 atom stereocenters. The van der Waals surface area contributed by atoms with Crippen molar-refractivity contribution in [3.05, 3.63) is 29.1 Å². The first-order valence-electron chi connectivity index (χ1n) is 3.22. The highest BCUT2D eigenvalue weighted by Gasteiger charge is 1.94. The van der Waals surface area contributed by atoms with Crippen LogP contribution in [0.15, 0.2) is 27.9 Å². The molecule has 1 rings (SSSR count). The second kappa shape index (κ2) is 4.31. The molecule has 0 aromatic carbocycles. The van der Waals surface area contributed by atoms with Gasteiger partial charge in [-0.05, 0) is 0 Å². The lowest BCUT2D eigenvalue weighted by atomic mass is 10.4. The molecule has 4 heteroatoms. The van der Waals surface area contributed by atoms with Crippen LogP contribution in [0.5, 0.6) is 0 Å². The average molecular weight is 217 g/mol. The van der Waals surface area contributed by atoms with Crippen LogP contribution in [0.1, 0.15) is 5.69 Å². The fourth-order valence-corrected chi connectivity index (χ4v) is 0.853. The minimum absolute atomic E-state index is 0.709. The normalized spacial score (nSPS) is 9.91. The minimum Gasteiger partial charge on any atom is -0.364 e. The zero-order valence-corrected chi connectivity index (χ0v) is 7.60. The Kier molecular flexibility index (Phi) is 3.32. The van der Waals surface area contributed by atoms with Crippen LogP contribution in [0, 0.1) is 0 Å². The maximum absolute atomic E-state index is 4.65. The highest BCUT2D eigenvalue weighted by molar-refractivity contribution is 9.11. The quantitative estimate of drug-likeness (QED) is 0.833. The molecule has 0 radical (unpaired) electrons. The van der Waals surface area contributed by atoms with Gasteiger partial charge in [-0.3, -0.25) is 0 Å². The Morgan fingerprint density at radius 3 is 3.18 bits per heavy atom. The summed E-state index contributed by atoms with van der Waals surface area (Å²) in [4.78, 5) is 0. The van der Waals surface area contributed by atoms with Gasteiger partial charge in [-0.2, -0.15) is 0 Å². The van der Waals surface area contributed by atoms with Gasteiger partial charge in [-0.1, -0.05) is 27.7 Å². The molecule has 1 aromatic heterocycles. The van der Waals surface area contributed by atoms with Crippen molar-refractivity contribution < 1.29 is 4.52 Å². The van der Waals surface area contributed by atoms with Crippen LogP contribution < -0.4 is 5.32 Å². The van der Waals surface area contributed by atoms with Gasteiger partial charge in [0.15, 0.2) is 0 Å². The molecule has 0 bridgehead atoms. The summed E-state index contributed by atoms with van der Waals surface area (Å²) in [6, 6.07) is 1.82. The molecule has 3 nitrogen and oxygen atoms in total. The molecule has 0 aliphatic carbocycles. The van der Waals surface area contributed by atoms with Crippen molar-refractivity contribution in [1.82, 2.24) is 10.5 Å². The molecular weight excluding hydrogens is 208 g/mol. The summed E-state index contributed by atoms with van der Waals surface area (Å²) in [5, 5.41) is 6.85. The molecule has 0 spiro atoms. The molecule has 1 N–H and O–H groups in total. The summed E-state index contributed by atoms with van der Waals surface area (Å²) >= 11 is 3.24. The van der Waals surface area contributed by atoms with E-state index in [1.807, 2.05) is 6.07 Å². The Labute approximate surface area is 73.6 Å². The fraction of sp³-hybridized carbons (Fsp3) is 0.286. The smallest absolute Gasteiger partial charge is 0.124 e. The fourth-order valence-electron chi connectivity index (χ4n) is 0.655. The molecule has 0 unspecified atom stereocenters.